The van der Waals surface area contributed by atoms with Gasteiger partial charge in [-0.1, -0.05) is 180 Å². The summed E-state index contributed by atoms with van der Waals surface area (Å²) in [4.78, 5) is 51.5. The van der Waals surface area contributed by atoms with Crippen LogP contribution in [0.1, 0.15) is 233 Å². The third kappa shape index (κ3) is 14.1. The second kappa shape index (κ2) is 28.4. The first-order chi connectivity index (χ1) is 43.2. The molecule has 6 saturated carbocycles. The average Bonchev–Trinajstić information content (AvgIpc) is 1.34. The Morgan fingerprint density at radius 1 is 0.467 bits per heavy atom. The summed E-state index contributed by atoms with van der Waals surface area (Å²) in [6.45, 7) is 27.1. The largest absolute Gasteiger partial charge is 0.446 e. The van der Waals surface area contributed by atoms with Gasteiger partial charge in [0.05, 0.1) is 0 Å². The van der Waals surface area contributed by atoms with Crippen LogP contribution in [0, 0.1) is 92.7 Å². The fraction of sp³-hybridized carbons (Fsp3) is 0.725. The van der Waals surface area contributed by atoms with E-state index in [1.54, 1.807) is 11.1 Å². The van der Waals surface area contributed by atoms with Gasteiger partial charge in [0.2, 0.25) is 0 Å². The quantitative estimate of drug-likeness (QED) is 0.0461. The zero-order chi connectivity index (χ0) is 63.5. The summed E-state index contributed by atoms with van der Waals surface area (Å²) in [5.41, 5.74) is 8.84. The fourth-order valence-electron chi connectivity index (χ4n) is 21.6. The van der Waals surface area contributed by atoms with E-state index in [1.807, 2.05) is 0 Å². The second-order valence-electron chi connectivity index (χ2n) is 32.9. The van der Waals surface area contributed by atoms with E-state index in [2.05, 4.69) is 151 Å². The number of carbonyl (C=O) groups excluding carboxylic acids is 2. The highest BCUT2D eigenvalue weighted by Gasteiger charge is 2.61. The number of rotatable bonds is 26. The third-order valence-corrected chi connectivity index (χ3v) is 26.8. The average molecular weight is 1230 g/mol. The maximum Gasteiger partial charge on any atom is 0.407 e. The molecule has 4 N–H and O–H groups in total. The number of allylic oxidation sites excluding steroid dienone is 2. The minimum Gasteiger partial charge on any atom is -0.446 e. The van der Waals surface area contributed by atoms with Crippen molar-refractivity contribution in [2.45, 2.75) is 248 Å². The van der Waals surface area contributed by atoms with Gasteiger partial charge >= 0.3 is 12.2 Å². The second-order valence-corrected chi connectivity index (χ2v) is 32.9. The zero-order valence-corrected chi connectivity index (χ0v) is 57.5. The predicted molar refractivity (Wildman–Crippen MR) is 369 cm³/mol. The lowest BCUT2D eigenvalue weighted by Crippen LogP contribution is -2.51. The van der Waals surface area contributed by atoms with E-state index < -0.39 is 10.9 Å². The molecule has 494 valence electrons. The molecule has 0 unspecified atom stereocenters. The van der Waals surface area contributed by atoms with E-state index in [0.29, 0.717) is 74.1 Å². The molecule has 8 aliphatic rings. The van der Waals surface area contributed by atoms with Gasteiger partial charge in [0.1, 0.15) is 23.6 Å². The van der Waals surface area contributed by atoms with Crippen LogP contribution in [0.4, 0.5) is 21.0 Å². The highest BCUT2D eigenvalue weighted by molar-refractivity contribution is 5.74. The minimum absolute atomic E-state index is 0.0638. The first-order valence-electron chi connectivity index (χ1n) is 36.9. The Balaban J connectivity index is 0.546. The Kier molecular flexibility index (Phi) is 21.0. The lowest BCUT2D eigenvalue weighted by molar-refractivity contribution is -0.0581. The Bertz CT molecular complexity index is 2860. The Morgan fingerprint density at radius 3 is 1.20 bits per heavy atom. The third-order valence-electron chi connectivity index (χ3n) is 26.8. The van der Waals surface area contributed by atoms with Gasteiger partial charge in [-0.3, -0.25) is 9.59 Å². The van der Waals surface area contributed by atoms with E-state index in [0.717, 1.165) is 132 Å². The zero-order valence-electron chi connectivity index (χ0n) is 57.5. The number of carbonyl (C=O) groups is 2. The van der Waals surface area contributed by atoms with E-state index in [4.69, 9.17) is 9.47 Å². The molecule has 2 amide bonds. The van der Waals surface area contributed by atoms with Crippen LogP contribution in [0.3, 0.4) is 0 Å². The van der Waals surface area contributed by atoms with Crippen molar-refractivity contribution in [3.8, 4) is 0 Å². The summed E-state index contributed by atoms with van der Waals surface area (Å²) >= 11 is 0. The van der Waals surface area contributed by atoms with Gasteiger partial charge in [-0.05, 0) is 231 Å². The molecule has 3 aromatic carbocycles. The molecule has 0 spiro atoms. The van der Waals surface area contributed by atoms with Gasteiger partial charge in [-0.25, -0.2) is 9.59 Å². The molecule has 90 heavy (non-hydrogen) atoms. The smallest absolute Gasteiger partial charge is 0.407 e. The topological polar surface area (TPSA) is 135 Å². The molecule has 6 fully saturated rings. The lowest BCUT2D eigenvalue weighted by Gasteiger charge is -2.58. The first kappa shape index (κ1) is 66.6. The number of ether oxygens (including phenoxy) is 2. The molecule has 0 heterocycles. The van der Waals surface area contributed by atoms with Crippen LogP contribution in [0.2, 0.25) is 0 Å². The van der Waals surface area contributed by atoms with E-state index in [1.165, 1.54) is 103 Å². The summed E-state index contributed by atoms with van der Waals surface area (Å²) in [6, 6.07) is 16.8. The molecule has 10 heteroatoms. The van der Waals surface area contributed by atoms with Crippen molar-refractivity contribution in [3.63, 3.8) is 0 Å². The van der Waals surface area contributed by atoms with Crippen molar-refractivity contribution >= 4 is 23.6 Å². The molecule has 16 atom stereocenters. The molecule has 0 saturated heterocycles. The summed E-state index contributed by atoms with van der Waals surface area (Å²) in [6.07, 6.45) is 34.9. The minimum atomic E-state index is -0.476. The first-order valence-corrected chi connectivity index (χ1v) is 36.9. The van der Waals surface area contributed by atoms with E-state index >= 15 is 0 Å². The summed E-state index contributed by atoms with van der Waals surface area (Å²) < 4.78 is 12.2. The van der Waals surface area contributed by atoms with Crippen LogP contribution >= 0.6 is 0 Å². The summed E-state index contributed by atoms with van der Waals surface area (Å²) in [7, 11) is 0. The summed E-state index contributed by atoms with van der Waals surface area (Å²) in [5, 5.41) is 12.5. The molecular weight excluding hydrogens is 1110 g/mol. The number of fused-ring (bicyclic) bond motifs is 10. The predicted octanol–water partition coefficient (Wildman–Crippen LogP) is 17.9. The molecule has 0 bridgehead atoms. The van der Waals surface area contributed by atoms with Crippen LogP contribution in [-0.4, -0.2) is 50.6 Å². The van der Waals surface area contributed by atoms with Crippen molar-refractivity contribution in [2.24, 2.45) is 92.7 Å². The number of hydrogen-bond donors (Lipinski definition) is 4. The lowest BCUT2D eigenvalue weighted by atomic mass is 9.47. The fourth-order valence-corrected chi connectivity index (χ4v) is 21.6. The van der Waals surface area contributed by atoms with E-state index in [9.17, 15) is 19.2 Å². The number of hydrogen-bond acceptors (Lipinski definition) is 8. The highest BCUT2D eigenvalue weighted by Crippen LogP contribution is 2.69. The van der Waals surface area contributed by atoms with Gasteiger partial charge in [0, 0.05) is 39.0 Å². The maximum absolute atomic E-state index is 13.1. The van der Waals surface area contributed by atoms with Crippen LogP contribution < -0.4 is 32.1 Å². The number of nitrogens with one attached hydrogen (secondary N) is 4. The van der Waals surface area contributed by atoms with Crippen LogP contribution in [-0.2, 0) is 35.2 Å². The number of alkyl carbamates (subject to hydrolysis) is 2. The molecular formula is C80H118N4O6. The molecule has 0 radical (unpaired) electrons. The van der Waals surface area contributed by atoms with Gasteiger partial charge in [0.15, 0.2) is 0 Å². The normalized spacial score (nSPS) is 33.3. The standard InChI is InChI=1S/C80H118N4O6/c1-51(2)13-11-15-53(5)65-29-31-67-63-27-25-59-49-61(33-41-77(59,7)69(63)35-43-79(65,67)9)89-75(87)83-47-39-57-21-17-55(18-22-57)37-45-81-71-72(74(86)73(71)85)82-46-38-56-19-23-58(24-20-56)40-48-84-76(88)90-62-34-42-78(8)60(50-62)26-28-64-68-32-30-66(54(6)16-12-14-52(3)4)80(68,10)44-36-70(64)78/h17-26,51-54,61-70,81-82H,11-16,27-50H2,1-10H3,(H,83,87)(H,84,88)/t53-,54-,61+,62+,63+,64+,65-,66-,67+,68+,69+,70+,77+,78+,79-,80-/m1/s1. The maximum atomic E-state index is 13.1. The van der Waals surface area contributed by atoms with Gasteiger partial charge < -0.3 is 30.7 Å². The van der Waals surface area contributed by atoms with Crippen LogP contribution in [0.5, 0.6) is 0 Å². The van der Waals surface area contributed by atoms with Crippen molar-refractivity contribution in [2.75, 3.05) is 36.8 Å². The molecule has 8 aliphatic carbocycles. The van der Waals surface area contributed by atoms with Crippen molar-refractivity contribution in [1.82, 2.24) is 10.6 Å². The number of amides is 2. The molecule has 0 aromatic heterocycles. The SMILES string of the molecule is CC(C)CCC[C@@H](C)[C@H]1CC[C@H]2[C@@H]3CC=C4C[C@@H](OC(=O)NCCc5ccc(CCNc6c(NCCc7ccc(CCNC(=O)O[C@H]8CC[C@@]9(C)C(=CC[C@H]%10[C@@H]%11CC[C@H]([C@H](C)CCCC(C)C)[C@@]%11(C)CC[C@@H]%109)C8)cc7)c(=O)c6=O)cc5)CC[C@]4(C)[C@H]3CC[C@]12C. The van der Waals surface area contributed by atoms with Gasteiger partial charge in [0.25, 0.3) is 10.9 Å². The molecule has 3 aromatic rings. The Morgan fingerprint density at radius 2 is 0.833 bits per heavy atom. The monoisotopic (exact) mass is 1230 g/mol. The van der Waals surface area contributed by atoms with Crippen molar-refractivity contribution < 1.29 is 19.1 Å². The molecule has 0 aliphatic heterocycles. The Labute approximate surface area is 543 Å². The summed E-state index contributed by atoms with van der Waals surface area (Å²) in [5.74, 6) is 9.80. The number of anilines is 2. The highest BCUT2D eigenvalue weighted by atomic mass is 16.6. The van der Waals surface area contributed by atoms with Gasteiger partial charge in [-0.2, -0.15) is 0 Å². The van der Waals surface area contributed by atoms with Crippen molar-refractivity contribution in [3.05, 3.63) is 115 Å². The van der Waals surface area contributed by atoms with E-state index in [-0.39, 0.29) is 35.2 Å². The molecule has 10 nitrogen and oxygen atoms in total. The molecule has 11 rings (SSSR count). The van der Waals surface area contributed by atoms with Crippen molar-refractivity contribution in [1.29, 1.82) is 0 Å². The van der Waals surface area contributed by atoms with Crippen LogP contribution in [0.25, 0.3) is 0 Å². The van der Waals surface area contributed by atoms with Crippen LogP contribution in [0.15, 0.2) is 81.4 Å². The van der Waals surface area contributed by atoms with Gasteiger partial charge in [-0.15, -0.1) is 0 Å². The Hall–Kier alpha value is -4.86. The number of benzene rings is 2.